The van der Waals surface area contributed by atoms with Crippen LogP contribution in [-0.4, -0.2) is 55.0 Å². The SMILES string of the molecule is CS(=O)(=O)CC(=O)Nc1nc(CCC2CC2)nc2c1C(=O)N[C@@]1(CCCc3cc(OCC(F)(F)F)ccc31)C2. The van der Waals surface area contributed by atoms with Crippen LogP contribution >= 0.6 is 0 Å². The number of benzene rings is 1. The van der Waals surface area contributed by atoms with Gasteiger partial charge in [0.1, 0.15) is 28.7 Å². The molecule has 1 atom stereocenters. The molecule has 2 aromatic rings. The van der Waals surface area contributed by atoms with Crippen molar-refractivity contribution in [1.82, 2.24) is 15.3 Å². The van der Waals surface area contributed by atoms with E-state index in [1.165, 1.54) is 6.07 Å². The van der Waals surface area contributed by atoms with E-state index in [0.717, 1.165) is 36.6 Å². The van der Waals surface area contributed by atoms with Crippen molar-refractivity contribution >= 4 is 27.5 Å². The number of amides is 2. The van der Waals surface area contributed by atoms with Crippen LogP contribution in [-0.2, 0) is 39.4 Å². The Hall–Kier alpha value is -3.22. The molecule has 210 valence electrons. The van der Waals surface area contributed by atoms with Gasteiger partial charge in [0, 0.05) is 19.1 Å². The molecule has 13 heteroatoms. The predicted molar refractivity (Wildman–Crippen MR) is 135 cm³/mol. The van der Waals surface area contributed by atoms with Crippen molar-refractivity contribution in [3.8, 4) is 5.75 Å². The highest BCUT2D eigenvalue weighted by Gasteiger charge is 2.44. The van der Waals surface area contributed by atoms with Crippen molar-refractivity contribution in [3.63, 3.8) is 0 Å². The molecule has 1 aromatic heterocycles. The first-order valence-electron chi connectivity index (χ1n) is 12.8. The van der Waals surface area contributed by atoms with Gasteiger partial charge in [-0.05, 0) is 54.9 Å². The van der Waals surface area contributed by atoms with Gasteiger partial charge in [-0.25, -0.2) is 18.4 Å². The third-order valence-electron chi connectivity index (χ3n) is 7.25. The molecule has 2 N–H and O–H groups in total. The maximum absolute atomic E-state index is 13.5. The summed E-state index contributed by atoms with van der Waals surface area (Å²) in [5, 5.41) is 5.56. The second-order valence-corrected chi connectivity index (χ2v) is 12.8. The average molecular weight is 567 g/mol. The van der Waals surface area contributed by atoms with Crippen LogP contribution in [0.4, 0.5) is 19.0 Å². The van der Waals surface area contributed by atoms with Gasteiger partial charge in [-0.1, -0.05) is 18.9 Å². The molecule has 1 aliphatic heterocycles. The normalized spacial score (nSPS) is 20.7. The minimum Gasteiger partial charge on any atom is -0.484 e. The van der Waals surface area contributed by atoms with Gasteiger partial charge >= 0.3 is 6.18 Å². The van der Waals surface area contributed by atoms with Crippen molar-refractivity contribution < 1.29 is 35.9 Å². The van der Waals surface area contributed by atoms with Crippen LogP contribution in [0, 0.1) is 5.92 Å². The standard InChI is InChI=1S/C26H29F3N4O5S/c1-39(36,37)13-21(34)32-23-22-19(30-20(31-23)9-6-15-4-5-15)12-25(33-24(22)35)10-2-3-16-11-17(7-8-18(16)25)38-14-26(27,28)29/h7-8,11,15H,2-6,9-10,12-14H2,1H3,(H,33,35)(H,30,31,32,34)/t25-/m0/s1. The number of sulfone groups is 1. The lowest BCUT2D eigenvalue weighted by Gasteiger charge is -2.43. The number of anilines is 1. The fourth-order valence-corrected chi connectivity index (χ4v) is 5.96. The molecule has 1 fully saturated rings. The third kappa shape index (κ3) is 6.51. The number of halogens is 3. The van der Waals surface area contributed by atoms with Gasteiger partial charge in [0.05, 0.1) is 11.2 Å². The molecular weight excluding hydrogens is 537 g/mol. The zero-order chi connectivity index (χ0) is 28.0. The van der Waals surface area contributed by atoms with Crippen molar-refractivity contribution in [2.45, 2.75) is 63.1 Å². The number of nitrogens with one attached hydrogen (secondary N) is 2. The maximum Gasteiger partial charge on any atom is 0.422 e. The van der Waals surface area contributed by atoms with Crippen LogP contribution in [0.3, 0.4) is 0 Å². The van der Waals surface area contributed by atoms with E-state index in [9.17, 15) is 31.2 Å². The van der Waals surface area contributed by atoms with Gasteiger partial charge in [0.2, 0.25) is 5.91 Å². The van der Waals surface area contributed by atoms with Crippen LogP contribution in [0.25, 0.3) is 0 Å². The van der Waals surface area contributed by atoms with Crippen molar-refractivity contribution in [2.75, 3.05) is 23.9 Å². The number of aryl methyl sites for hydroxylation is 2. The quantitative estimate of drug-likeness (QED) is 0.502. The molecule has 9 nitrogen and oxygen atoms in total. The Kier molecular flexibility index (Phi) is 7.06. The third-order valence-corrected chi connectivity index (χ3v) is 8.03. The molecule has 0 unspecified atom stereocenters. The summed E-state index contributed by atoms with van der Waals surface area (Å²) in [6, 6.07) is 4.74. The molecule has 5 rings (SSSR count). The number of hydrogen-bond donors (Lipinski definition) is 2. The molecule has 2 amide bonds. The minimum absolute atomic E-state index is 0.0151. The van der Waals surface area contributed by atoms with Gasteiger partial charge in [-0.2, -0.15) is 13.2 Å². The Bertz CT molecular complexity index is 1430. The minimum atomic E-state index is -4.45. The Morgan fingerprint density at radius 2 is 2.03 bits per heavy atom. The number of nitrogens with zero attached hydrogens (tertiary/aromatic N) is 2. The molecular formula is C26H29F3N4O5S. The molecule has 0 radical (unpaired) electrons. The summed E-state index contributed by atoms with van der Waals surface area (Å²) in [6.45, 7) is -1.39. The van der Waals surface area contributed by atoms with Gasteiger partial charge < -0.3 is 15.4 Å². The number of aromatic nitrogens is 2. The van der Waals surface area contributed by atoms with Crippen LogP contribution in [0.15, 0.2) is 18.2 Å². The fourth-order valence-electron chi connectivity index (χ4n) is 5.41. The summed E-state index contributed by atoms with van der Waals surface area (Å²) in [5.41, 5.74) is 1.27. The highest BCUT2D eigenvalue weighted by atomic mass is 32.2. The Labute approximate surface area is 223 Å². The molecule has 1 spiro atoms. The Morgan fingerprint density at radius 1 is 1.26 bits per heavy atom. The monoisotopic (exact) mass is 566 g/mol. The first kappa shape index (κ1) is 27.4. The van der Waals surface area contributed by atoms with E-state index in [2.05, 4.69) is 15.6 Å². The summed E-state index contributed by atoms with van der Waals surface area (Å²) in [5.74, 6) is -0.904. The van der Waals surface area contributed by atoms with E-state index in [4.69, 9.17) is 9.72 Å². The highest BCUT2D eigenvalue weighted by molar-refractivity contribution is 7.91. The summed E-state index contributed by atoms with van der Waals surface area (Å²) < 4.78 is 66.1. The summed E-state index contributed by atoms with van der Waals surface area (Å²) in [4.78, 5) is 35.1. The zero-order valence-electron chi connectivity index (χ0n) is 21.4. The lowest BCUT2D eigenvalue weighted by molar-refractivity contribution is -0.153. The van der Waals surface area contributed by atoms with Crippen molar-refractivity contribution in [3.05, 3.63) is 46.4 Å². The van der Waals surface area contributed by atoms with Crippen LogP contribution < -0.4 is 15.4 Å². The predicted octanol–water partition coefficient (Wildman–Crippen LogP) is 3.26. The Morgan fingerprint density at radius 3 is 2.72 bits per heavy atom. The van der Waals surface area contributed by atoms with E-state index in [1.807, 2.05) is 0 Å². The maximum atomic E-state index is 13.5. The average Bonchev–Trinajstić information content (AvgIpc) is 3.64. The van der Waals surface area contributed by atoms with Gasteiger partial charge in [0.25, 0.3) is 5.91 Å². The van der Waals surface area contributed by atoms with Gasteiger partial charge in [0.15, 0.2) is 16.4 Å². The van der Waals surface area contributed by atoms with Gasteiger partial charge in [-0.3, -0.25) is 9.59 Å². The number of ether oxygens (including phenoxy) is 1. The van der Waals surface area contributed by atoms with E-state index in [0.29, 0.717) is 43.1 Å². The zero-order valence-corrected chi connectivity index (χ0v) is 22.2. The van der Waals surface area contributed by atoms with E-state index in [-0.39, 0.29) is 23.6 Å². The van der Waals surface area contributed by atoms with Gasteiger partial charge in [-0.15, -0.1) is 0 Å². The number of carbonyl (C=O) groups excluding carboxylic acids is 2. The van der Waals surface area contributed by atoms with E-state index >= 15 is 0 Å². The van der Waals surface area contributed by atoms with Crippen LogP contribution in [0.5, 0.6) is 5.75 Å². The molecule has 2 aliphatic carbocycles. The number of carbonyl (C=O) groups is 2. The largest absolute Gasteiger partial charge is 0.484 e. The van der Waals surface area contributed by atoms with Crippen molar-refractivity contribution in [1.29, 1.82) is 0 Å². The molecule has 1 aromatic carbocycles. The molecule has 2 heterocycles. The number of rotatable bonds is 8. The molecule has 0 bridgehead atoms. The molecule has 1 saturated carbocycles. The summed E-state index contributed by atoms with van der Waals surface area (Å²) in [7, 11) is -3.60. The van der Waals surface area contributed by atoms with E-state index < -0.39 is 45.7 Å². The summed E-state index contributed by atoms with van der Waals surface area (Å²) >= 11 is 0. The second kappa shape index (κ2) is 10.1. The Balaban J connectivity index is 1.48. The number of hydrogen-bond acceptors (Lipinski definition) is 7. The van der Waals surface area contributed by atoms with Crippen molar-refractivity contribution in [2.24, 2.45) is 5.92 Å². The first-order valence-corrected chi connectivity index (χ1v) is 14.9. The number of fused-ring (bicyclic) bond motifs is 3. The van der Waals surface area contributed by atoms with Crippen LogP contribution in [0.1, 0.15) is 65.1 Å². The molecule has 0 saturated heterocycles. The lowest BCUT2D eigenvalue weighted by atomic mass is 9.71. The van der Waals surface area contributed by atoms with E-state index in [1.54, 1.807) is 12.1 Å². The number of alkyl halides is 3. The summed E-state index contributed by atoms with van der Waals surface area (Å²) in [6.07, 6.45) is 2.37. The first-order chi connectivity index (χ1) is 18.3. The lowest BCUT2D eigenvalue weighted by Crippen LogP contribution is -2.53. The molecule has 39 heavy (non-hydrogen) atoms. The topological polar surface area (TPSA) is 127 Å². The van der Waals surface area contributed by atoms with Crippen LogP contribution in [0.2, 0.25) is 0 Å². The second-order valence-electron chi connectivity index (χ2n) is 10.7. The molecule has 3 aliphatic rings. The highest BCUT2D eigenvalue weighted by Crippen LogP contribution is 2.43. The fraction of sp³-hybridized carbons (Fsp3) is 0.538. The smallest absolute Gasteiger partial charge is 0.422 e.